The van der Waals surface area contributed by atoms with Gasteiger partial charge in [0.1, 0.15) is 0 Å². The first-order valence-electron chi connectivity index (χ1n) is 10.2. The second-order valence-corrected chi connectivity index (χ2v) is 7.74. The topological polar surface area (TPSA) is 38.1 Å². The SMILES string of the molecule is CCCCn1nc(-c2ccc3c(c2)CCN(C2CCC2)CC3)ccc1=O. The van der Waals surface area contributed by atoms with Gasteiger partial charge in [0.25, 0.3) is 5.56 Å². The Bertz CT molecular complexity index is 822. The van der Waals surface area contributed by atoms with Crippen LogP contribution in [-0.2, 0) is 19.4 Å². The quantitative estimate of drug-likeness (QED) is 0.825. The molecule has 1 aromatic carbocycles. The fourth-order valence-electron chi connectivity index (χ4n) is 4.09. The molecule has 1 fully saturated rings. The minimum absolute atomic E-state index is 0.00639. The maximum absolute atomic E-state index is 12.0. The molecule has 2 heterocycles. The zero-order valence-corrected chi connectivity index (χ0v) is 15.8. The molecule has 1 aliphatic carbocycles. The van der Waals surface area contributed by atoms with E-state index in [1.54, 1.807) is 10.7 Å². The highest BCUT2D eigenvalue weighted by molar-refractivity contribution is 5.60. The van der Waals surface area contributed by atoms with Gasteiger partial charge in [-0.2, -0.15) is 5.10 Å². The third-order valence-electron chi connectivity index (χ3n) is 6.02. The van der Waals surface area contributed by atoms with E-state index in [4.69, 9.17) is 0 Å². The molecule has 2 aromatic rings. The van der Waals surface area contributed by atoms with Crippen LogP contribution in [0.1, 0.15) is 50.2 Å². The number of benzene rings is 1. The summed E-state index contributed by atoms with van der Waals surface area (Å²) in [7, 11) is 0. The van der Waals surface area contributed by atoms with E-state index in [-0.39, 0.29) is 5.56 Å². The second-order valence-electron chi connectivity index (χ2n) is 7.74. The van der Waals surface area contributed by atoms with Gasteiger partial charge < -0.3 is 0 Å². The highest BCUT2D eigenvalue weighted by atomic mass is 16.1. The van der Waals surface area contributed by atoms with Gasteiger partial charge in [-0.3, -0.25) is 9.69 Å². The number of nitrogens with zero attached hydrogens (tertiary/aromatic N) is 3. The Labute approximate surface area is 155 Å². The predicted molar refractivity (Wildman–Crippen MR) is 105 cm³/mol. The number of unbranched alkanes of at least 4 members (excludes halogenated alkanes) is 1. The molecule has 26 heavy (non-hydrogen) atoms. The highest BCUT2D eigenvalue weighted by Crippen LogP contribution is 2.28. The molecule has 1 saturated carbocycles. The van der Waals surface area contributed by atoms with Gasteiger partial charge in [-0.25, -0.2) is 4.68 Å². The molecule has 0 saturated heterocycles. The Balaban J connectivity index is 1.56. The number of hydrogen-bond donors (Lipinski definition) is 0. The van der Waals surface area contributed by atoms with Crippen molar-refractivity contribution in [3.05, 3.63) is 51.8 Å². The summed E-state index contributed by atoms with van der Waals surface area (Å²) < 4.78 is 1.61. The van der Waals surface area contributed by atoms with E-state index in [9.17, 15) is 4.79 Å². The average Bonchev–Trinajstić information content (AvgIpc) is 2.82. The van der Waals surface area contributed by atoms with Crippen LogP contribution in [0.15, 0.2) is 35.1 Å². The van der Waals surface area contributed by atoms with Gasteiger partial charge in [-0.1, -0.05) is 31.9 Å². The van der Waals surface area contributed by atoms with Crippen molar-refractivity contribution in [2.45, 2.75) is 64.5 Å². The molecule has 0 unspecified atom stereocenters. The summed E-state index contributed by atoms with van der Waals surface area (Å²) >= 11 is 0. The molecule has 0 spiro atoms. The van der Waals surface area contributed by atoms with E-state index in [0.29, 0.717) is 6.54 Å². The van der Waals surface area contributed by atoms with Crippen LogP contribution in [0.2, 0.25) is 0 Å². The van der Waals surface area contributed by atoms with Gasteiger partial charge >= 0.3 is 0 Å². The van der Waals surface area contributed by atoms with Crippen LogP contribution in [0, 0.1) is 0 Å². The smallest absolute Gasteiger partial charge is 0.266 e. The fourth-order valence-corrected chi connectivity index (χ4v) is 4.09. The monoisotopic (exact) mass is 351 g/mol. The zero-order valence-electron chi connectivity index (χ0n) is 15.8. The Morgan fingerprint density at radius 3 is 2.62 bits per heavy atom. The van der Waals surface area contributed by atoms with Crippen molar-refractivity contribution in [3.8, 4) is 11.3 Å². The molecule has 2 aliphatic rings. The average molecular weight is 351 g/mol. The minimum Gasteiger partial charge on any atom is -0.300 e. The van der Waals surface area contributed by atoms with Crippen molar-refractivity contribution in [2.24, 2.45) is 0 Å². The normalized spacial score (nSPS) is 18.2. The van der Waals surface area contributed by atoms with Crippen LogP contribution in [0.3, 0.4) is 0 Å². The molecule has 0 bridgehead atoms. The molecule has 1 aliphatic heterocycles. The van der Waals surface area contributed by atoms with Gasteiger partial charge in [0.2, 0.25) is 0 Å². The molecular formula is C22H29N3O. The maximum atomic E-state index is 12.0. The lowest BCUT2D eigenvalue weighted by molar-refractivity contribution is 0.133. The number of aryl methyl sites for hydroxylation is 1. The van der Waals surface area contributed by atoms with Crippen LogP contribution in [0.4, 0.5) is 0 Å². The van der Waals surface area contributed by atoms with Crippen LogP contribution < -0.4 is 5.56 Å². The summed E-state index contributed by atoms with van der Waals surface area (Å²) in [5, 5.41) is 4.61. The molecule has 0 amide bonds. The molecule has 0 N–H and O–H groups in total. The number of fused-ring (bicyclic) bond motifs is 1. The molecule has 4 heteroatoms. The third-order valence-corrected chi connectivity index (χ3v) is 6.02. The Hall–Kier alpha value is -1.94. The molecule has 0 radical (unpaired) electrons. The van der Waals surface area contributed by atoms with Crippen LogP contribution in [0.5, 0.6) is 0 Å². The maximum Gasteiger partial charge on any atom is 0.266 e. The van der Waals surface area contributed by atoms with Crippen molar-refractivity contribution in [1.29, 1.82) is 0 Å². The molecule has 4 rings (SSSR count). The van der Waals surface area contributed by atoms with E-state index in [0.717, 1.165) is 43.0 Å². The second kappa shape index (κ2) is 7.75. The first-order valence-corrected chi connectivity index (χ1v) is 10.2. The lowest BCUT2D eigenvalue weighted by Crippen LogP contribution is -2.41. The van der Waals surface area contributed by atoms with Crippen molar-refractivity contribution < 1.29 is 0 Å². The molecule has 0 atom stereocenters. The molecular weight excluding hydrogens is 322 g/mol. The van der Waals surface area contributed by atoms with E-state index in [1.807, 2.05) is 6.07 Å². The fraction of sp³-hybridized carbons (Fsp3) is 0.545. The van der Waals surface area contributed by atoms with Gasteiger partial charge in [0.05, 0.1) is 5.69 Å². The van der Waals surface area contributed by atoms with Crippen molar-refractivity contribution in [2.75, 3.05) is 13.1 Å². The van der Waals surface area contributed by atoms with E-state index in [2.05, 4.69) is 35.1 Å². The van der Waals surface area contributed by atoms with E-state index in [1.165, 1.54) is 43.5 Å². The zero-order chi connectivity index (χ0) is 17.9. The van der Waals surface area contributed by atoms with Crippen molar-refractivity contribution in [1.82, 2.24) is 14.7 Å². The Morgan fingerprint density at radius 2 is 1.88 bits per heavy atom. The number of aromatic nitrogens is 2. The Morgan fingerprint density at radius 1 is 1.08 bits per heavy atom. The summed E-state index contributed by atoms with van der Waals surface area (Å²) in [6.45, 7) is 5.19. The molecule has 1 aromatic heterocycles. The largest absolute Gasteiger partial charge is 0.300 e. The number of hydrogen-bond acceptors (Lipinski definition) is 3. The van der Waals surface area contributed by atoms with Crippen LogP contribution in [-0.4, -0.2) is 33.8 Å². The standard InChI is InChI=1S/C22H29N3O/c1-2-3-13-25-22(26)10-9-21(23-25)19-8-7-17-11-14-24(20-5-4-6-20)15-12-18(17)16-19/h7-10,16,20H,2-6,11-15H2,1H3. The summed E-state index contributed by atoms with van der Waals surface area (Å²) in [6, 6.07) is 11.1. The first-order chi connectivity index (χ1) is 12.7. The van der Waals surface area contributed by atoms with Crippen LogP contribution in [0.25, 0.3) is 11.3 Å². The lowest BCUT2D eigenvalue weighted by atomic mass is 9.91. The van der Waals surface area contributed by atoms with Gasteiger partial charge in [-0.15, -0.1) is 0 Å². The van der Waals surface area contributed by atoms with E-state index >= 15 is 0 Å². The third kappa shape index (κ3) is 3.61. The van der Waals surface area contributed by atoms with Gasteiger partial charge in [-0.05, 0) is 55.4 Å². The minimum atomic E-state index is -0.00639. The van der Waals surface area contributed by atoms with E-state index < -0.39 is 0 Å². The summed E-state index contributed by atoms with van der Waals surface area (Å²) in [5.74, 6) is 0. The molecule has 4 nitrogen and oxygen atoms in total. The van der Waals surface area contributed by atoms with Crippen LogP contribution >= 0.6 is 0 Å². The van der Waals surface area contributed by atoms with Gasteiger partial charge in [0.15, 0.2) is 0 Å². The highest BCUT2D eigenvalue weighted by Gasteiger charge is 2.26. The molecule has 138 valence electrons. The number of rotatable bonds is 5. The summed E-state index contributed by atoms with van der Waals surface area (Å²) in [5.41, 5.74) is 4.97. The van der Waals surface area contributed by atoms with Crippen molar-refractivity contribution in [3.63, 3.8) is 0 Å². The predicted octanol–water partition coefficient (Wildman–Crippen LogP) is 3.66. The summed E-state index contributed by atoms with van der Waals surface area (Å²) in [4.78, 5) is 14.7. The Kier molecular flexibility index (Phi) is 5.21. The van der Waals surface area contributed by atoms with Gasteiger partial charge in [0, 0.05) is 37.3 Å². The first kappa shape index (κ1) is 17.5. The van der Waals surface area contributed by atoms with Crippen molar-refractivity contribution >= 4 is 0 Å². The summed E-state index contributed by atoms with van der Waals surface area (Å²) in [6.07, 6.45) is 8.48. The lowest BCUT2D eigenvalue weighted by Gasteiger charge is -2.36.